The van der Waals surface area contributed by atoms with Gasteiger partial charge in [-0.25, -0.2) is 0 Å². The number of piperazine rings is 1. The zero-order valence-corrected chi connectivity index (χ0v) is 25.1. The maximum atomic E-state index is 13.7. The van der Waals surface area contributed by atoms with Crippen LogP contribution in [0.1, 0.15) is 44.5 Å². The maximum absolute atomic E-state index is 13.7. The number of hydrogen-bond acceptors (Lipinski definition) is 8. The Morgan fingerprint density at radius 1 is 1.17 bits per heavy atom. The van der Waals surface area contributed by atoms with Crippen LogP contribution in [-0.4, -0.2) is 100 Å². The highest BCUT2D eigenvalue weighted by atomic mass is 16.5. The summed E-state index contributed by atoms with van der Waals surface area (Å²) in [7, 11) is 1.71. The summed E-state index contributed by atoms with van der Waals surface area (Å²) >= 11 is 0. The smallest absolute Gasteiger partial charge is 0.241 e. The van der Waals surface area contributed by atoms with E-state index in [-0.39, 0.29) is 23.3 Å². The summed E-state index contributed by atoms with van der Waals surface area (Å²) in [6, 6.07) is 10.6. The molecular formula is C31H45N5O5. The van der Waals surface area contributed by atoms with Gasteiger partial charge in [-0.05, 0) is 42.7 Å². The van der Waals surface area contributed by atoms with Crippen LogP contribution in [0.25, 0.3) is 0 Å². The van der Waals surface area contributed by atoms with E-state index in [1.54, 1.807) is 7.11 Å². The van der Waals surface area contributed by atoms with Crippen LogP contribution in [0.15, 0.2) is 36.5 Å². The zero-order valence-electron chi connectivity index (χ0n) is 25.1. The first kappa shape index (κ1) is 30.9. The molecule has 1 fully saturated rings. The van der Waals surface area contributed by atoms with E-state index >= 15 is 0 Å². The van der Waals surface area contributed by atoms with Gasteiger partial charge in [-0.15, -0.1) is 0 Å². The highest BCUT2D eigenvalue weighted by Gasteiger charge is 2.40. The molecule has 0 bridgehead atoms. The molecule has 3 heterocycles. The first-order valence-corrected chi connectivity index (χ1v) is 14.5. The number of amides is 2. The number of hydrogen-bond donors (Lipinski definition) is 2. The van der Waals surface area contributed by atoms with Crippen molar-refractivity contribution in [3.63, 3.8) is 0 Å². The van der Waals surface area contributed by atoms with E-state index < -0.39 is 0 Å². The third-order valence-electron chi connectivity index (χ3n) is 7.56. The SMILES string of the molecule is COC[C@H]1CN[C@H](C)CN1CC(=O)N1CC(C)(C)c2ncc(Cc3cccc(OCCOCCNC(C)=O)c3)cc21. The summed E-state index contributed by atoms with van der Waals surface area (Å²) in [4.78, 5) is 33.6. The third kappa shape index (κ3) is 8.48. The lowest BCUT2D eigenvalue weighted by Gasteiger charge is -2.39. The molecule has 2 aromatic rings. The predicted octanol–water partition coefficient (Wildman–Crippen LogP) is 2.14. The average molecular weight is 568 g/mol. The van der Waals surface area contributed by atoms with Gasteiger partial charge in [0, 0.05) is 63.9 Å². The van der Waals surface area contributed by atoms with E-state index in [9.17, 15) is 9.59 Å². The van der Waals surface area contributed by atoms with Crippen LogP contribution < -0.4 is 20.3 Å². The molecule has 1 aromatic carbocycles. The molecule has 10 heteroatoms. The molecular weight excluding hydrogens is 522 g/mol. The lowest BCUT2D eigenvalue weighted by atomic mass is 9.91. The van der Waals surface area contributed by atoms with Crippen molar-refractivity contribution in [3.8, 4) is 5.75 Å². The normalized spacial score (nSPS) is 20.1. The molecule has 10 nitrogen and oxygen atoms in total. The van der Waals surface area contributed by atoms with Crippen LogP contribution in [0, 0.1) is 0 Å². The number of nitrogens with one attached hydrogen (secondary N) is 2. The van der Waals surface area contributed by atoms with Crippen LogP contribution in [0.4, 0.5) is 5.69 Å². The monoisotopic (exact) mass is 567 g/mol. The Labute approximate surface area is 243 Å². The Morgan fingerprint density at radius 2 is 2.00 bits per heavy atom. The van der Waals surface area contributed by atoms with Gasteiger partial charge in [-0.1, -0.05) is 26.0 Å². The zero-order chi connectivity index (χ0) is 29.4. The van der Waals surface area contributed by atoms with Crippen LogP contribution in [-0.2, 0) is 30.9 Å². The Morgan fingerprint density at radius 3 is 2.78 bits per heavy atom. The molecule has 4 rings (SSSR count). The number of aromatic nitrogens is 1. The van der Waals surface area contributed by atoms with Crippen molar-refractivity contribution in [1.82, 2.24) is 20.5 Å². The standard InChI is InChI=1S/C31H45N5O5/c1-22-18-35(26(17-33-22)20-39-5)19-29(38)36-21-31(3,4)30-28(36)15-25(16-34-30)13-24-7-6-8-27(14-24)41-12-11-40-10-9-32-23(2)37/h6-8,14-16,22,26,33H,9-13,17-21H2,1-5H3,(H,32,37)/t22-,26-/m1/s1. The van der Waals surface area contributed by atoms with Crippen molar-refractivity contribution in [1.29, 1.82) is 0 Å². The van der Waals surface area contributed by atoms with Crippen molar-refractivity contribution in [2.75, 3.05) is 71.2 Å². The lowest BCUT2D eigenvalue weighted by molar-refractivity contribution is -0.121. The molecule has 41 heavy (non-hydrogen) atoms. The van der Waals surface area contributed by atoms with E-state index in [1.807, 2.05) is 29.3 Å². The third-order valence-corrected chi connectivity index (χ3v) is 7.56. The fraction of sp³-hybridized carbons (Fsp3) is 0.581. The molecule has 2 amide bonds. The molecule has 1 saturated heterocycles. The van der Waals surface area contributed by atoms with Crippen molar-refractivity contribution < 1.29 is 23.8 Å². The number of nitrogens with zero attached hydrogens (tertiary/aromatic N) is 3. The van der Waals surface area contributed by atoms with Crippen LogP contribution in [0.5, 0.6) is 5.75 Å². The fourth-order valence-electron chi connectivity index (χ4n) is 5.54. The predicted molar refractivity (Wildman–Crippen MR) is 159 cm³/mol. The van der Waals surface area contributed by atoms with Crippen molar-refractivity contribution in [2.45, 2.75) is 51.6 Å². The number of fused-ring (bicyclic) bond motifs is 1. The molecule has 0 spiro atoms. The number of ether oxygens (including phenoxy) is 3. The van der Waals surface area contributed by atoms with E-state index in [2.05, 4.69) is 48.4 Å². The molecule has 0 radical (unpaired) electrons. The van der Waals surface area contributed by atoms with Gasteiger partial charge in [0.2, 0.25) is 11.8 Å². The van der Waals surface area contributed by atoms with Gasteiger partial charge >= 0.3 is 0 Å². The summed E-state index contributed by atoms with van der Waals surface area (Å²) in [5.74, 6) is 0.806. The second kappa shape index (κ2) is 14.2. The summed E-state index contributed by atoms with van der Waals surface area (Å²) in [5.41, 5.74) is 3.80. The van der Waals surface area contributed by atoms with Crippen LogP contribution in [0.3, 0.4) is 0 Å². The number of rotatable bonds is 13. The molecule has 0 saturated carbocycles. The summed E-state index contributed by atoms with van der Waals surface area (Å²) < 4.78 is 16.8. The number of methoxy groups -OCH3 is 1. The summed E-state index contributed by atoms with van der Waals surface area (Å²) in [6.45, 7) is 12.9. The van der Waals surface area contributed by atoms with Gasteiger partial charge in [0.15, 0.2) is 0 Å². The molecule has 224 valence electrons. The van der Waals surface area contributed by atoms with Crippen molar-refractivity contribution >= 4 is 17.5 Å². The Kier molecular flexibility index (Phi) is 10.7. The number of benzene rings is 1. The molecule has 2 aliphatic rings. The molecule has 1 aromatic heterocycles. The minimum atomic E-state index is -0.218. The molecule has 0 aliphatic carbocycles. The first-order valence-electron chi connectivity index (χ1n) is 14.5. The Hall–Kier alpha value is -3.05. The topological polar surface area (TPSA) is 105 Å². The molecule has 2 atom stereocenters. The Bertz CT molecular complexity index is 1190. The molecule has 2 N–H and O–H groups in total. The van der Waals surface area contributed by atoms with Crippen LogP contribution in [0.2, 0.25) is 0 Å². The number of carbonyl (C=O) groups is 2. The second-order valence-corrected chi connectivity index (χ2v) is 11.7. The van der Waals surface area contributed by atoms with E-state index in [4.69, 9.17) is 19.2 Å². The van der Waals surface area contributed by atoms with E-state index in [1.165, 1.54) is 6.92 Å². The second-order valence-electron chi connectivity index (χ2n) is 11.7. The van der Waals surface area contributed by atoms with Gasteiger partial charge in [0.05, 0.1) is 37.7 Å². The first-order chi connectivity index (χ1) is 19.7. The highest BCUT2D eigenvalue weighted by Crippen LogP contribution is 2.40. The molecule has 2 aliphatic heterocycles. The largest absolute Gasteiger partial charge is 0.491 e. The van der Waals surface area contributed by atoms with Crippen LogP contribution >= 0.6 is 0 Å². The highest BCUT2D eigenvalue weighted by molar-refractivity contribution is 5.97. The lowest BCUT2D eigenvalue weighted by Crippen LogP contribution is -2.59. The van der Waals surface area contributed by atoms with Crippen molar-refractivity contribution in [3.05, 3.63) is 53.3 Å². The van der Waals surface area contributed by atoms with Gasteiger partial charge < -0.3 is 29.7 Å². The van der Waals surface area contributed by atoms with E-state index in [0.29, 0.717) is 58.5 Å². The molecule has 0 unspecified atom stereocenters. The maximum Gasteiger partial charge on any atom is 0.241 e. The summed E-state index contributed by atoms with van der Waals surface area (Å²) in [5, 5.41) is 6.19. The van der Waals surface area contributed by atoms with Gasteiger partial charge in [0.25, 0.3) is 0 Å². The van der Waals surface area contributed by atoms with E-state index in [0.717, 1.165) is 41.3 Å². The summed E-state index contributed by atoms with van der Waals surface area (Å²) in [6.07, 6.45) is 2.61. The Balaban J connectivity index is 1.39. The number of carbonyl (C=O) groups excluding carboxylic acids is 2. The average Bonchev–Trinajstić information content (AvgIpc) is 3.20. The van der Waals surface area contributed by atoms with Crippen molar-refractivity contribution in [2.24, 2.45) is 0 Å². The van der Waals surface area contributed by atoms with Gasteiger partial charge in [-0.3, -0.25) is 19.5 Å². The number of anilines is 1. The minimum absolute atomic E-state index is 0.0655. The van der Waals surface area contributed by atoms with Gasteiger partial charge in [0.1, 0.15) is 12.4 Å². The fourth-order valence-corrected chi connectivity index (χ4v) is 5.54. The quantitative estimate of drug-likeness (QED) is 0.355. The minimum Gasteiger partial charge on any atom is -0.491 e. The van der Waals surface area contributed by atoms with Gasteiger partial charge in [-0.2, -0.15) is 0 Å². The number of pyridine rings is 1.